The molecule has 1 aromatic heterocycles. The van der Waals surface area contributed by atoms with Crippen LogP contribution in [0.3, 0.4) is 0 Å². The van der Waals surface area contributed by atoms with Crippen LogP contribution < -0.4 is 11.1 Å². The predicted octanol–water partition coefficient (Wildman–Crippen LogP) is 1.27. The number of nitrogens with one attached hydrogen (secondary N) is 1. The highest BCUT2D eigenvalue weighted by Gasteiger charge is 2.25. The summed E-state index contributed by atoms with van der Waals surface area (Å²) in [6.45, 7) is 4.96. The first-order chi connectivity index (χ1) is 7.65. The Bertz CT molecular complexity index is 317. The van der Waals surface area contributed by atoms with E-state index in [1.165, 1.54) is 0 Å². The van der Waals surface area contributed by atoms with Gasteiger partial charge in [-0.3, -0.25) is 0 Å². The van der Waals surface area contributed by atoms with Crippen LogP contribution in [-0.2, 0) is 0 Å². The molecule has 0 bridgehead atoms. The van der Waals surface area contributed by atoms with Crippen LogP contribution in [0, 0.1) is 5.41 Å². The molecule has 0 fully saturated rings. The van der Waals surface area contributed by atoms with E-state index < -0.39 is 0 Å². The summed E-state index contributed by atoms with van der Waals surface area (Å²) in [5.74, 6) is 0.958. The smallest absolute Gasteiger partial charge is 0.224 e. The molecular formula is C11H20N4O. The number of nitrogens with zero attached hydrogens (tertiary/aromatic N) is 2. The topological polar surface area (TPSA) is 84.1 Å². The number of hydrogen-bond donors (Lipinski definition) is 3. The van der Waals surface area contributed by atoms with Gasteiger partial charge in [-0.1, -0.05) is 13.8 Å². The predicted molar refractivity (Wildman–Crippen MR) is 65.0 cm³/mol. The zero-order valence-electron chi connectivity index (χ0n) is 9.90. The molecule has 1 rings (SSSR count). The summed E-state index contributed by atoms with van der Waals surface area (Å²) in [6.07, 6.45) is 3.44. The highest BCUT2D eigenvalue weighted by molar-refractivity contribution is 5.35. The molecule has 1 aromatic rings. The summed E-state index contributed by atoms with van der Waals surface area (Å²) < 4.78 is 0. The first kappa shape index (κ1) is 12.7. The molecular weight excluding hydrogens is 204 g/mol. The van der Waals surface area contributed by atoms with Crippen LogP contribution in [0.15, 0.2) is 12.3 Å². The van der Waals surface area contributed by atoms with Gasteiger partial charge in [0.1, 0.15) is 5.82 Å². The molecule has 1 heterocycles. The Morgan fingerprint density at radius 1 is 1.44 bits per heavy atom. The van der Waals surface area contributed by atoms with Crippen molar-refractivity contribution in [2.75, 3.05) is 24.2 Å². The van der Waals surface area contributed by atoms with Gasteiger partial charge in [-0.2, -0.15) is 4.98 Å². The van der Waals surface area contributed by atoms with Gasteiger partial charge in [-0.15, -0.1) is 0 Å². The molecule has 0 aliphatic carbocycles. The molecule has 5 nitrogen and oxygen atoms in total. The molecule has 0 aromatic carbocycles. The second-order valence-electron chi connectivity index (χ2n) is 4.02. The molecule has 0 amide bonds. The van der Waals surface area contributed by atoms with Crippen molar-refractivity contribution in [1.82, 2.24) is 9.97 Å². The van der Waals surface area contributed by atoms with E-state index in [0.717, 1.165) is 12.8 Å². The van der Waals surface area contributed by atoms with Gasteiger partial charge in [-0.25, -0.2) is 4.98 Å². The van der Waals surface area contributed by atoms with E-state index in [-0.39, 0.29) is 12.0 Å². The lowest BCUT2D eigenvalue weighted by atomic mass is 9.83. The van der Waals surface area contributed by atoms with Gasteiger partial charge in [0.15, 0.2) is 0 Å². The Morgan fingerprint density at radius 3 is 2.62 bits per heavy atom. The number of aliphatic hydroxyl groups is 1. The number of aliphatic hydroxyl groups excluding tert-OH is 1. The van der Waals surface area contributed by atoms with E-state index in [1.807, 2.05) is 0 Å². The van der Waals surface area contributed by atoms with Crippen molar-refractivity contribution in [3.8, 4) is 0 Å². The highest BCUT2D eigenvalue weighted by atomic mass is 16.3. The molecule has 0 aliphatic rings. The maximum absolute atomic E-state index is 9.40. The number of hydrogen-bond acceptors (Lipinski definition) is 5. The van der Waals surface area contributed by atoms with Gasteiger partial charge in [0.25, 0.3) is 0 Å². The lowest BCUT2D eigenvalue weighted by Gasteiger charge is -2.29. The van der Waals surface area contributed by atoms with E-state index in [0.29, 0.717) is 18.3 Å². The van der Waals surface area contributed by atoms with E-state index in [2.05, 4.69) is 29.1 Å². The lowest BCUT2D eigenvalue weighted by Crippen LogP contribution is -2.32. The molecule has 16 heavy (non-hydrogen) atoms. The minimum absolute atomic E-state index is 0.103. The number of anilines is 2. The number of nitrogen functional groups attached to an aromatic ring is 1. The van der Waals surface area contributed by atoms with E-state index >= 15 is 0 Å². The second kappa shape index (κ2) is 5.65. The SMILES string of the molecule is CCC(CC)(CO)CNc1nccc(N)n1. The maximum Gasteiger partial charge on any atom is 0.224 e. The summed E-state index contributed by atoms with van der Waals surface area (Å²) >= 11 is 0. The van der Waals surface area contributed by atoms with Gasteiger partial charge in [-0.05, 0) is 18.9 Å². The third-order valence-corrected chi connectivity index (χ3v) is 3.13. The van der Waals surface area contributed by atoms with Gasteiger partial charge in [0, 0.05) is 18.2 Å². The molecule has 5 heteroatoms. The second-order valence-corrected chi connectivity index (χ2v) is 4.02. The van der Waals surface area contributed by atoms with Crippen LogP contribution in [0.2, 0.25) is 0 Å². The van der Waals surface area contributed by atoms with E-state index in [4.69, 9.17) is 5.73 Å². The minimum Gasteiger partial charge on any atom is -0.396 e. The Morgan fingerprint density at radius 2 is 2.12 bits per heavy atom. The Labute approximate surface area is 96.1 Å². The normalized spacial score (nSPS) is 11.4. The maximum atomic E-state index is 9.40. The van der Waals surface area contributed by atoms with Crippen LogP contribution in [0.1, 0.15) is 26.7 Å². The number of aromatic nitrogens is 2. The fourth-order valence-electron chi connectivity index (χ4n) is 1.50. The van der Waals surface area contributed by atoms with Crippen molar-refractivity contribution in [3.63, 3.8) is 0 Å². The van der Waals surface area contributed by atoms with Crippen molar-refractivity contribution < 1.29 is 5.11 Å². The average Bonchev–Trinajstić information content (AvgIpc) is 2.32. The average molecular weight is 224 g/mol. The van der Waals surface area contributed by atoms with Crippen LogP contribution in [0.25, 0.3) is 0 Å². The third-order valence-electron chi connectivity index (χ3n) is 3.13. The first-order valence-corrected chi connectivity index (χ1v) is 5.59. The van der Waals surface area contributed by atoms with Crippen LogP contribution in [-0.4, -0.2) is 28.2 Å². The fraction of sp³-hybridized carbons (Fsp3) is 0.636. The Balaban J connectivity index is 2.62. The summed E-state index contributed by atoms with van der Waals surface area (Å²) in [7, 11) is 0. The largest absolute Gasteiger partial charge is 0.396 e. The molecule has 0 atom stereocenters. The monoisotopic (exact) mass is 224 g/mol. The summed E-state index contributed by atoms with van der Waals surface area (Å²) in [4.78, 5) is 8.11. The summed E-state index contributed by atoms with van der Waals surface area (Å²) in [6, 6.07) is 1.64. The zero-order chi connectivity index (χ0) is 12.0. The van der Waals surface area contributed by atoms with Gasteiger partial charge in [0.05, 0.1) is 6.61 Å². The van der Waals surface area contributed by atoms with Gasteiger partial charge in [0.2, 0.25) is 5.95 Å². The van der Waals surface area contributed by atoms with Crippen molar-refractivity contribution in [1.29, 1.82) is 0 Å². The van der Waals surface area contributed by atoms with Crippen molar-refractivity contribution in [2.24, 2.45) is 5.41 Å². The Kier molecular flexibility index (Phi) is 4.49. The zero-order valence-corrected chi connectivity index (χ0v) is 9.90. The molecule has 0 saturated heterocycles. The van der Waals surface area contributed by atoms with E-state index in [1.54, 1.807) is 12.3 Å². The first-order valence-electron chi connectivity index (χ1n) is 5.59. The number of rotatable bonds is 6. The summed E-state index contributed by atoms with van der Waals surface area (Å²) in [5, 5.41) is 12.5. The standard InChI is InChI=1S/C11H20N4O/c1-3-11(4-2,8-16)7-14-10-13-6-5-9(12)15-10/h5-6,16H,3-4,7-8H2,1-2H3,(H3,12,13,14,15). The van der Waals surface area contributed by atoms with Gasteiger partial charge < -0.3 is 16.2 Å². The quantitative estimate of drug-likeness (QED) is 0.677. The number of nitrogens with two attached hydrogens (primary N) is 1. The van der Waals surface area contributed by atoms with Crippen molar-refractivity contribution in [2.45, 2.75) is 26.7 Å². The lowest BCUT2D eigenvalue weighted by molar-refractivity contribution is 0.127. The van der Waals surface area contributed by atoms with E-state index in [9.17, 15) is 5.11 Å². The van der Waals surface area contributed by atoms with Crippen LogP contribution in [0.5, 0.6) is 0 Å². The van der Waals surface area contributed by atoms with Crippen LogP contribution in [0.4, 0.5) is 11.8 Å². The molecule has 0 saturated carbocycles. The fourth-order valence-corrected chi connectivity index (χ4v) is 1.50. The van der Waals surface area contributed by atoms with Crippen LogP contribution >= 0.6 is 0 Å². The molecule has 0 radical (unpaired) electrons. The molecule has 4 N–H and O–H groups in total. The summed E-state index contributed by atoms with van der Waals surface area (Å²) in [5.41, 5.74) is 5.45. The van der Waals surface area contributed by atoms with Crippen molar-refractivity contribution in [3.05, 3.63) is 12.3 Å². The molecule has 0 aliphatic heterocycles. The Hall–Kier alpha value is -1.36. The molecule has 0 unspecified atom stereocenters. The van der Waals surface area contributed by atoms with Crippen molar-refractivity contribution >= 4 is 11.8 Å². The minimum atomic E-state index is -0.103. The highest BCUT2D eigenvalue weighted by Crippen LogP contribution is 2.25. The third kappa shape index (κ3) is 3.06. The van der Waals surface area contributed by atoms with Gasteiger partial charge >= 0.3 is 0 Å². The molecule has 90 valence electrons. The molecule has 0 spiro atoms.